The molecule has 2 aromatic heterocycles. The standard InChI is InChI=1S/C14H18BrClN4/c1-3-7-20-14(11(16)9-19-20)13(17-4-2)12-6-5-10(15)8-18-12/h5-6,8-9,13,17H,3-4,7H2,1-2H3. The number of hydrogen-bond acceptors (Lipinski definition) is 3. The van der Waals surface area contributed by atoms with Gasteiger partial charge < -0.3 is 5.32 Å². The summed E-state index contributed by atoms with van der Waals surface area (Å²) >= 11 is 9.74. The highest BCUT2D eigenvalue weighted by Gasteiger charge is 2.22. The molecule has 0 bridgehead atoms. The van der Waals surface area contributed by atoms with Crippen molar-refractivity contribution >= 4 is 27.5 Å². The molecule has 0 aliphatic rings. The maximum atomic E-state index is 6.33. The monoisotopic (exact) mass is 356 g/mol. The molecule has 4 nitrogen and oxygen atoms in total. The molecule has 0 saturated carbocycles. The quantitative estimate of drug-likeness (QED) is 0.855. The molecule has 0 spiro atoms. The van der Waals surface area contributed by atoms with Crippen molar-refractivity contribution in [3.05, 3.63) is 45.4 Å². The van der Waals surface area contributed by atoms with Gasteiger partial charge in [-0.25, -0.2) is 0 Å². The predicted molar refractivity (Wildman–Crippen MR) is 85.0 cm³/mol. The summed E-state index contributed by atoms with van der Waals surface area (Å²) in [6.07, 6.45) is 4.52. The van der Waals surface area contributed by atoms with Crippen LogP contribution in [0.4, 0.5) is 0 Å². The Morgan fingerprint density at radius 1 is 1.35 bits per heavy atom. The molecule has 1 atom stereocenters. The molecule has 0 aliphatic heterocycles. The molecule has 20 heavy (non-hydrogen) atoms. The van der Waals surface area contributed by atoms with Gasteiger partial charge in [0.2, 0.25) is 0 Å². The molecule has 0 saturated heterocycles. The molecule has 1 N–H and O–H groups in total. The summed E-state index contributed by atoms with van der Waals surface area (Å²) in [6, 6.07) is 3.94. The molecule has 2 rings (SSSR count). The van der Waals surface area contributed by atoms with Crippen molar-refractivity contribution in [2.24, 2.45) is 0 Å². The normalized spacial score (nSPS) is 12.6. The van der Waals surface area contributed by atoms with Crippen molar-refractivity contribution in [2.75, 3.05) is 6.54 Å². The SMILES string of the molecule is CCCn1ncc(Cl)c1C(NCC)c1ccc(Br)cn1. The summed E-state index contributed by atoms with van der Waals surface area (Å²) in [5.41, 5.74) is 1.92. The summed E-state index contributed by atoms with van der Waals surface area (Å²) < 4.78 is 2.92. The Bertz CT molecular complexity index is 553. The maximum absolute atomic E-state index is 6.33. The van der Waals surface area contributed by atoms with Crippen LogP contribution in [-0.2, 0) is 6.54 Å². The van der Waals surface area contributed by atoms with Crippen LogP contribution in [-0.4, -0.2) is 21.3 Å². The van der Waals surface area contributed by atoms with Gasteiger partial charge in [-0.3, -0.25) is 9.67 Å². The van der Waals surface area contributed by atoms with Crippen LogP contribution < -0.4 is 5.32 Å². The first-order valence-corrected chi connectivity index (χ1v) is 7.90. The summed E-state index contributed by atoms with van der Waals surface area (Å²) in [5, 5.41) is 8.47. The lowest BCUT2D eigenvalue weighted by Crippen LogP contribution is -2.26. The van der Waals surface area contributed by atoms with Gasteiger partial charge in [-0.1, -0.05) is 25.4 Å². The lowest BCUT2D eigenvalue weighted by Gasteiger charge is -2.19. The van der Waals surface area contributed by atoms with Gasteiger partial charge in [0.1, 0.15) is 0 Å². The zero-order valence-corrected chi connectivity index (χ0v) is 13.9. The van der Waals surface area contributed by atoms with Gasteiger partial charge in [-0.05, 0) is 41.0 Å². The Kier molecular flexibility index (Phi) is 5.57. The molecular formula is C14H18BrClN4. The fourth-order valence-electron chi connectivity index (χ4n) is 2.15. The second kappa shape index (κ2) is 7.20. The zero-order chi connectivity index (χ0) is 14.5. The molecule has 1 unspecified atom stereocenters. The van der Waals surface area contributed by atoms with Gasteiger partial charge in [0, 0.05) is 17.2 Å². The molecule has 0 aliphatic carbocycles. The molecule has 0 radical (unpaired) electrons. The minimum atomic E-state index is -0.0466. The van der Waals surface area contributed by atoms with Gasteiger partial charge in [-0.2, -0.15) is 5.10 Å². The van der Waals surface area contributed by atoms with E-state index in [-0.39, 0.29) is 6.04 Å². The van der Waals surface area contributed by atoms with Crippen LogP contribution in [0.3, 0.4) is 0 Å². The van der Waals surface area contributed by atoms with Crippen LogP contribution in [0, 0.1) is 0 Å². The molecule has 2 heterocycles. The number of nitrogens with zero attached hydrogens (tertiary/aromatic N) is 3. The van der Waals surface area contributed by atoms with E-state index in [1.54, 1.807) is 12.4 Å². The van der Waals surface area contributed by atoms with Gasteiger partial charge >= 0.3 is 0 Å². The third kappa shape index (κ3) is 3.40. The summed E-state index contributed by atoms with van der Waals surface area (Å²) in [6.45, 7) is 5.87. The van der Waals surface area contributed by atoms with Crippen molar-refractivity contribution < 1.29 is 0 Å². The topological polar surface area (TPSA) is 42.7 Å². The Morgan fingerprint density at radius 3 is 2.75 bits per heavy atom. The van der Waals surface area contributed by atoms with Crippen LogP contribution in [0.5, 0.6) is 0 Å². The van der Waals surface area contributed by atoms with Crippen LogP contribution in [0.15, 0.2) is 29.0 Å². The van der Waals surface area contributed by atoms with Crippen molar-refractivity contribution in [3.8, 4) is 0 Å². The molecule has 108 valence electrons. The molecule has 0 aromatic carbocycles. The van der Waals surface area contributed by atoms with Crippen LogP contribution in [0.1, 0.15) is 37.7 Å². The summed E-state index contributed by atoms with van der Waals surface area (Å²) in [7, 11) is 0. The van der Waals surface area contributed by atoms with E-state index in [1.807, 2.05) is 16.8 Å². The smallest absolute Gasteiger partial charge is 0.0937 e. The van der Waals surface area contributed by atoms with Crippen LogP contribution in [0.2, 0.25) is 5.02 Å². The van der Waals surface area contributed by atoms with Crippen LogP contribution >= 0.6 is 27.5 Å². The number of pyridine rings is 1. The number of hydrogen-bond donors (Lipinski definition) is 1. The summed E-state index contributed by atoms with van der Waals surface area (Å²) in [5.74, 6) is 0. The van der Waals surface area contributed by atoms with Gasteiger partial charge in [-0.15, -0.1) is 0 Å². The Hall–Kier alpha value is -0.910. The number of aromatic nitrogens is 3. The molecule has 2 aromatic rings. The minimum Gasteiger partial charge on any atom is -0.304 e. The van der Waals surface area contributed by atoms with Crippen molar-refractivity contribution in [2.45, 2.75) is 32.9 Å². The highest BCUT2D eigenvalue weighted by Crippen LogP contribution is 2.28. The Labute approximate surface area is 132 Å². The van der Waals surface area contributed by atoms with Gasteiger partial charge in [0.15, 0.2) is 0 Å². The van der Waals surface area contributed by atoms with Crippen molar-refractivity contribution in [1.29, 1.82) is 0 Å². The maximum Gasteiger partial charge on any atom is 0.0937 e. The molecular weight excluding hydrogens is 340 g/mol. The van der Waals surface area contributed by atoms with E-state index in [2.05, 4.69) is 45.2 Å². The second-order valence-electron chi connectivity index (χ2n) is 4.49. The van der Waals surface area contributed by atoms with E-state index in [0.717, 1.165) is 35.4 Å². The highest BCUT2D eigenvalue weighted by atomic mass is 79.9. The fraction of sp³-hybridized carbons (Fsp3) is 0.429. The predicted octanol–water partition coefficient (Wildman–Crippen LogP) is 3.80. The number of aryl methyl sites for hydroxylation is 1. The highest BCUT2D eigenvalue weighted by molar-refractivity contribution is 9.10. The van der Waals surface area contributed by atoms with E-state index in [9.17, 15) is 0 Å². The van der Waals surface area contributed by atoms with E-state index in [0.29, 0.717) is 5.02 Å². The number of nitrogens with one attached hydrogen (secondary N) is 1. The first kappa shape index (κ1) is 15.5. The third-order valence-corrected chi connectivity index (χ3v) is 3.76. The molecule has 0 amide bonds. The fourth-order valence-corrected chi connectivity index (χ4v) is 2.64. The summed E-state index contributed by atoms with van der Waals surface area (Å²) in [4.78, 5) is 4.49. The van der Waals surface area contributed by atoms with Gasteiger partial charge in [0.25, 0.3) is 0 Å². The minimum absolute atomic E-state index is 0.0466. The largest absolute Gasteiger partial charge is 0.304 e. The average Bonchev–Trinajstić information content (AvgIpc) is 2.79. The van der Waals surface area contributed by atoms with Crippen molar-refractivity contribution in [1.82, 2.24) is 20.1 Å². The molecule has 0 fully saturated rings. The average molecular weight is 358 g/mol. The third-order valence-electron chi connectivity index (χ3n) is 3.00. The zero-order valence-electron chi connectivity index (χ0n) is 11.6. The van der Waals surface area contributed by atoms with E-state index < -0.39 is 0 Å². The van der Waals surface area contributed by atoms with E-state index in [1.165, 1.54) is 0 Å². The van der Waals surface area contributed by atoms with E-state index >= 15 is 0 Å². The first-order valence-electron chi connectivity index (χ1n) is 6.73. The lowest BCUT2D eigenvalue weighted by molar-refractivity contribution is 0.514. The lowest BCUT2D eigenvalue weighted by atomic mass is 10.1. The van der Waals surface area contributed by atoms with Gasteiger partial charge in [0.05, 0.1) is 28.6 Å². The molecule has 6 heteroatoms. The first-order chi connectivity index (χ1) is 9.67. The Morgan fingerprint density at radius 2 is 2.15 bits per heavy atom. The number of rotatable bonds is 6. The number of halogens is 2. The van der Waals surface area contributed by atoms with E-state index in [4.69, 9.17) is 11.6 Å². The Balaban J connectivity index is 2.42. The van der Waals surface area contributed by atoms with Crippen molar-refractivity contribution in [3.63, 3.8) is 0 Å². The second-order valence-corrected chi connectivity index (χ2v) is 5.82. The van der Waals surface area contributed by atoms with Crippen LogP contribution in [0.25, 0.3) is 0 Å².